The third kappa shape index (κ3) is 4.82. The first-order valence-electron chi connectivity index (χ1n) is 13.9. The van der Waals surface area contributed by atoms with E-state index in [4.69, 9.17) is 10.3 Å². The molecule has 43 heavy (non-hydrogen) atoms. The molecule has 1 unspecified atom stereocenters. The van der Waals surface area contributed by atoms with Crippen molar-refractivity contribution >= 4 is 28.4 Å². The van der Waals surface area contributed by atoms with Crippen LogP contribution < -0.4 is 10.6 Å². The normalized spacial score (nSPS) is 17.6. The van der Waals surface area contributed by atoms with Crippen LogP contribution in [0.15, 0.2) is 71.3 Å². The van der Waals surface area contributed by atoms with Crippen LogP contribution in [-0.4, -0.2) is 56.6 Å². The van der Waals surface area contributed by atoms with Crippen LogP contribution >= 0.6 is 0 Å². The summed E-state index contributed by atoms with van der Waals surface area (Å²) in [5, 5.41) is 17.9. The van der Waals surface area contributed by atoms with Crippen LogP contribution in [0.1, 0.15) is 33.7 Å². The van der Waals surface area contributed by atoms with E-state index in [1.165, 1.54) is 23.1 Å². The fraction of sp³-hybridized carbons (Fsp3) is 0.258. The minimum Gasteiger partial charge on any atom is -0.392 e. The fourth-order valence-electron chi connectivity index (χ4n) is 6.06. The summed E-state index contributed by atoms with van der Waals surface area (Å²) in [7, 11) is 0. The molecule has 0 bridgehead atoms. The maximum Gasteiger partial charge on any atom is 0.435 e. The Kier molecular flexibility index (Phi) is 6.47. The SMILES string of the molecule is Nc1noc2ccc(-n3nc(C(F)(F)F)c4c3C(=O)N(c3ccc(-c5ccccc5CN5CCC(O)C5)cc3)CC4)cc12. The van der Waals surface area contributed by atoms with Crippen molar-refractivity contribution in [1.29, 1.82) is 0 Å². The summed E-state index contributed by atoms with van der Waals surface area (Å²) in [6.45, 7) is 2.26. The number of alkyl halides is 3. The molecule has 1 fully saturated rings. The molecule has 2 aliphatic heterocycles. The number of rotatable bonds is 5. The highest BCUT2D eigenvalue weighted by atomic mass is 19.4. The number of fused-ring (bicyclic) bond motifs is 2. The van der Waals surface area contributed by atoms with Gasteiger partial charge in [-0.25, -0.2) is 4.68 Å². The van der Waals surface area contributed by atoms with E-state index in [2.05, 4.69) is 21.2 Å². The number of amides is 1. The van der Waals surface area contributed by atoms with Crippen molar-refractivity contribution in [2.45, 2.75) is 31.7 Å². The number of aliphatic hydroxyl groups excluding tert-OH is 1. The van der Waals surface area contributed by atoms with Crippen LogP contribution in [0, 0.1) is 0 Å². The summed E-state index contributed by atoms with van der Waals surface area (Å²) in [4.78, 5) is 17.6. The third-order valence-electron chi connectivity index (χ3n) is 8.16. The zero-order valence-electron chi connectivity index (χ0n) is 22.9. The molecule has 1 atom stereocenters. The number of aliphatic hydroxyl groups is 1. The third-order valence-corrected chi connectivity index (χ3v) is 8.16. The quantitative estimate of drug-likeness (QED) is 0.295. The first kappa shape index (κ1) is 27.2. The summed E-state index contributed by atoms with van der Waals surface area (Å²) in [5.74, 6) is -0.495. The number of likely N-dealkylation sites (tertiary alicyclic amines) is 1. The van der Waals surface area contributed by atoms with Gasteiger partial charge in [0.2, 0.25) is 0 Å². The lowest BCUT2D eigenvalue weighted by Crippen LogP contribution is -2.39. The summed E-state index contributed by atoms with van der Waals surface area (Å²) in [5.41, 5.74) is 8.80. The van der Waals surface area contributed by atoms with Crippen LogP contribution in [0.25, 0.3) is 27.8 Å². The lowest BCUT2D eigenvalue weighted by Gasteiger charge is -2.28. The molecule has 7 rings (SSSR count). The van der Waals surface area contributed by atoms with Crippen LogP contribution in [0.4, 0.5) is 24.7 Å². The minimum absolute atomic E-state index is 0.0141. The second kappa shape index (κ2) is 10.2. The Labute approximate surface area is 243 Å². The Morgan fingerprint density at radius 1 is 1.02 bits per heavy atom. The zero-order chi connectivity index (χ0) is 29.9. The number of nitrogen functional groups attached to an aromatic ring is 1. The molecule has 4 heterocycles. The highest BCUT2D eigenvalue weighted by Gasteiger charge is 2.43. The van der Waals surface area contributed by atoms with Gasteiger partial charge in [-0.1, -0.05) is 41.6 Å². The molecule has 2 aliphatic rings. The van der Waals surface area contributed by atoms with Gasteiger partial charge >= 0.3 is 6.18 Å². The minimum atomic E-state index is -4.74. The molecular weight excluding hydrogens is 561 g/mol. The van der Waals surface area contributed by atoms with E-state index in [0.29, 0.717) is 29.7 Å². The topological polar surface area (TPSA) is 114 Å². The van der Waals surface area contributed by atoms with Gasteiger partial charge in [-0.05, 0) is 59.9 Å². The molecular formula is C31H27F3N6O3. The van der Waals surface area contributed by atoms with Crippen molar-refractivity contribution in [2.24, 2.45) is 0 Å². The Bertz CT molecular complexity index is 1850. The van der Waals surface area contributed by atoms with Gasteiger partial charge in [0.1, 0.15) is 5.69 Å². The molecule has 0 spiro atoms. The number of nitrogens with two attached hydrogens (primary N) is 1. The van der Waals surface area contributed by atoms with E-state index < -0.39 is 17.8 Å². The summed E-state index contributed by atoms with van der Waals surface area (Å²) in [6.07, 6.45) is -4.30. The smallest absolute Gasteiger partial charge is 0.392 e. The monoisotopic (exact) mass is 588 g/mol. The Hall–Kier alpha value is -4.68. The first-order valence-corrected chi connectivity index (χ1v) is 13.9. The lowest BCUT2D eigenvalue weighted by molar-refractivity contribution is -0.141. The predicted octanol–water partition coefficient (Wildman–Crippen LogP) is 5.05. The van der Waals surface area contributed by atoms with Crippen molar-refractivity contribution in [3.8, 4) is 16.8 Å². The second-order valence-electron chi connectivity index (χ2n) is 10.9. The number of hydrogen-bond donors (Lipinski definition) is 2. The van der Waals surface area contributed by atoms with Gasteiger partial charge in [-0.2, -0.15) is 18.3 Å². The van der Waals surface area contributed by atoms with Gasteiger partial charge in [0.15, 0.2) is 17.1 Å². The largest absolute Gasteiger partial charge is 0.435 e. The van der Waals surface area contributed by atoms with Gasteiger partial charge in [0, 0.05) is 37.4 Å². The Morgan fingerprint density at radius 2 is 1.79 bits per heavy atom. The van der Waals surface area contributed by atoms with E-state index in [1.807, 2.05) is 42.5 Å². The molecule has 1 saturated heterocycles. The van der Waals surface area contributed by atoms with E-state index >= 15 is 0 Å². The van der Waals surface area contributed by atoms with Crippen LogP contribution in [0.3, 0.4) is 0 Å². The standard InChI is InChI=1S/C31H27F3N6O3/c32-31(33,34)28-24-12-14-39(30(42)27(24)40(36-28)21-9-10-26-25(15-21)29(35)37-43-26)20-7-5-18(6-8-20)23-4-2-1-3-19(23)16-38-13-11-22(41)17-38/h1-10,15,22,41H,11-14,16-17H2,(H2,35,37). The molecule has 1 amide bonds. The number of carbonyl (C=O) groups excluding carboxylic acids is 1. The molecule has 2 aromatic heterocycles. The van der Waals surface area contributed by atoms with E-state index in [1.54, 1.807) is 0 Å². The lowest BCUT2D eigenvalue weighted by atomic mass is 9.98. The molecule has 5 aromatic rings. The first-order chi connectivity index (χ1) is 20.7. The molecule has 9 nitrogen and oxygen atoms in total. The number of anilines is 2. The molecule has 0 radical (unpaired) electrons. The van der Waals surface area contributed by atoms with Gasteiger partial charge in [0.25, 0.3) is 5.91 Å². The summed E-state index contributed by atoms with van der Waals surface area (Å²) in [6, 6.07) is 20.0. The Balaban J connectivity index is 1.22. The maximum absolute atomic E-state index is 14.0. The zero-order valence-corrected chi connectivity index (χ0v) is 22.9. The Morgan fingerprint density at radius 3 is 2.53 bits per heavy atom. The maximum atomic E-state index is 14.0. The molecule has 0 saturated carbocycles. The molecule has 3 N–H and O–H groups in total. The molecule has 12 heteroatoms. The van der Waals surface area contributed by atoms with E-state index in [-0.39, 0.29) is 41.8 Å². The van der Waals surface area contributed by atoms with Crippen molar-refractivity contribution in [2.75, 3.05) is 30.3 Å². The summed E-state index contributed by atoms with van der Waals surface area (Å²) >= 11 is 0. The molecule has 0 aliphatic carbocycles. The molecule has 220 valence electrons. The van der Waals surface area contributed by atoms with Crippen molar-refractivity contribution < 1.29 is 27.6 Å². The number of aromatic nitrogens is 3. The van der Waals surface area contributed by atoms with Gasteiger partial charge in [0.05, 0.1) is 17.2 Å². The van der Waals surface area contributed by atoms with Crippen LogP contribution in [-0.2, 0) is 19.1 Å². The number of nitrogens with zero attached hydrogens (tertiary/aromatic N) is 5. The number of benzene rings is 3. The van der Waals surface area contributed by atoms with Gasteiger partial charge in [-0.3, -0.25) is 9.69 Å². The van der Waals surface area contributed by atoms with Crippen molar-refractivity contribution in [3.05, 3.63) is 89.2 Å². The summed E-state index contributed by atoms with van der Waals surface area (Å²) < 4.78 is 48.3. The van der Waals surface area contributed by atoms with Gasteiger partial charge in [-0.15, -0.1) is 0 Å². The highest BCUT2D eigenvalue weighted by Crippen LogP contribution is 2.38. The number of halogens is 3. The van der Waals surface area contributed by atoms with Crippen molar-refractivity contribution in [1.82, 2.24) is 19.8 Å². The van der Waals surface area contributed by atoms with Gasteiger partial charge < -0.3 is 20.3 Å². The highest BCUT2D eigenvalue weighted by molar-refractivity contribution is 6.08. The fourth-order valence-corrected chi connectivity index (χ4v) is 6.06. The number of carbonyl (C=O) groups is 1. The van der Waals surface area contributed by atoms with E-state index in [9.17, 15) is 23.1 Å². The predicted molar refractivity (Wildman–Crippen MR) is 154 cm³/mol. The number of β-amino-alcohol motifs (C(OH)–C–C–N with tert-alkyl or cyclic N) is 1. The number of hydrogen-bond acceptors (Lipinski definition) is 7. The average molecular weight is 589 g/mol. The van der Waals surface area contributed by atoms with Crippen LogP contribution in [0.2, 0.25) is 0 Å². The second-order valence-corrected chi connectivity index (χ2v) is 10.9. The molecule has 3 aromatic carbocycles. The van der Waals surface area contributed by atoms with Crippen LogP contribution in [0.5, 0.6) is 0 Å². The van der Waals surface area contributed by atoms with Crippen molar-refractivity contribution in [3.63, 3.8) is 0 Å². The van der Waals surface area contributed by atoms with E-state index in [0.717, 1.165) is 34.3 Å². The average Bonchev–Trinajstić information content (AvgIpc) is 3.70.